The van der Waals surface area contributed by atoms with Crippen LogP contribution < -0.4 is 10.2 Å². The number of carbonyl (C=O) groups is 1. The van der Waals surface area contributed by atoms with Crippen molar-refractivity contribution in [1.29, 1.82) is 0 Å². The van der Waals surface area contributed by atoms with Crippen molar-refractivity contribution in [2.45, 2.75) is 17.8 Å². The monoisotopic (exact) mass is 453 g/mol. The summed E-state index contributed by atoms with van der Waals surface area (Å²) in [6, 6.07) is 12.9. The molecular formula is C25H22F3N3O2. The van der Waals surface area contributed by atoms with Gasteiger partial charge in [0.1, 0.15) is 11.3 Å². The van der Waals surface area contributed by atoms with Crippen molar-refractivity contribution in [2.75, 3.05) is 24.5 Å². The van der Waals surface area contributed by atoms with E-state index in [2.05, 4.69) is 11.4 Å². The van der Waals surface area contributed by atoms with Gasteiger partial charge in [-0.15, -0.1) is 0 Å². The number of carbonyl (C=O) groups excluding carboxylic acids is 1. The van der Waals surface area contributed by atoms with E-state index in [9.17, 15) is 23.1 Å². The van der Waals surface area contributed by atoms with Gasteiger partial charge in [0, 0.05) is 43.1 Å². The summed E-state index contributed by atoms with van der Waals surface area (Å²) in [5.74, 6) is 0.115. The molecule has 2 aliphatic heterocycles. The molecule has 2 aromatic rings. The van der Waals surface area contributed by atoms with Crippen LogP contribution in [-0.4, -0.2) is 42.0 Å². The van der Waals surface area contributed by atoms with Crippen LogP contribution in [0.2, 0.25) is 0 Å². The summed E-state index contributed by atoms with van der Waals surface area (Å²) >= 11 is 0. The maximum absolute atomic E-state index is 13.5. The summed E-state index contributed by atoms with van der Waals surface area (Å²) in [5, 5.41) is 13.2. The summed E-state index contributed by atoms with van der Waals surface area (Å²) in [5.41, 5.74) is -0.972. The number of hydrogen-bond acceptors (Lipinski definition) is 5. The number of phenolic OH excluding ortho intramolecular Hbond substituents is 1. The van der Waals surface area contributed by atoms with Crippen molar-refractivity contribution in [3.63, 3.8) is 0 Å². The molecule has 170 valence electrons. The predicted octanol–water partition coefficient (Wildman–Crippen LogP) is 3.87. The van der Waals surface area contributed by atoms with Gasteiger partial charge < -0.3 is 15.3 Å². The second-order valence-corrected chi connectivity index (χ2v) is 7.91. The zero-order valence-corrected chi connectivity index (χ0v) is 17.6. The highest BCUT2D eigenvalue weighted by Gasteiger charge is 2.45. The first-order valence-corrected chi connectivity index (χ1v) is 10.4. The number of terminal acetylenes is 1. The molecule has 0 aromatic heterocycles. The molecule has 5 nitrogen and oxygen atoms in total. The van der Waals surface area contributed by atoms with Gasteiger partial charge in [-0.2, -0.15) is 13.2 Å². The minimum Gasteiger partial charge on any atom is -0.508 e. The zero-order chi connectivity index (χ0) is 23.6. The van der Waals surface area contributed by atoms with E-state index in [1.807, 2.05) is 23.1 Å². The van der Waals surface area contributed by atoms with E-state index in [1.54, 1.807) is 35.4 Å². The van der Waals surface area contributed by atoms with Gasteiger partial charge in [0.15, 0.2) is 6.29 Å². The highest BCUT2D eigenvalue weighted by atomic mass is 19.4. The van der Waals surface area contributed by atoms with Crippen LogP contribution in [0.15, 0.2) is 66.9 Å². The highest BCUT2D eigenvalue weighted by molar-refractivity contribution is 5.79. The van der Waals surface area contributed by atoms with Gasteiger partial charge >= 0.3 is 6.18 Å². The van der Waals surface area contributed by atoms with Gasteiger partial charge in [-0.25, -0.2) is 0 Å². The number of rotatable bonds is 4. The molecule has 0 bridgehead atoms. The number of anilines is 1. The molecule has 0 saturated carbocycles. The molecule has 0 spiro atoms. The third-order valence-electron chi connectivity index (χ3n) is 6.11. The van der Waals surface area contributed by atoms with Crippen LogP contribution >= 0.6 is 0 Å². The molecule has 1 fully saturated rings. The number of nitrogens with one attached hydrogen (secondary N) is 1. The smallest absolute Gasteiger partial charge is 0.417 e. The molecule has 1 saturated heterocycles. The fraction of sp³-hybridized carbons (Fsp3) is 0.240. The van der Waals surface area contributed by atoms with Crippen LogP contribution in [0, 0.1) is 12.5 Å². The molecule has 2 aromatic carbocycles. The van der Waals surface area contributed by atoms with E-state index >= 15 is 0 Å². The summed E-state index contributed by atoms with van der Waals surface area (Å²) in [4.78, 5) is 14.7. The summed E-state index contributed by atoms with van der Waals surface area (Å²) in [6.45, 7) is 1.35. The Morgan fingerprint density at radius 1 is 1.18 bits per heavy atom. The van der Waals surface area contributed by atoms with E-state index in [1.165, 1.54) is 12.1 Å². The van der Waals surface area contributed by atoms with Gasteiger partial charge in [-0.05, 0) is 42.0 Å². The van der Waals surface area contributed by atoms with E-state index in [0.29, 0.717) is 25.3 Å². The minimum absolute atomic E-state index is 0.115. The zero-order valence-electron chi connectivity index (χ0n) is 17.6. The maximum Gasteiger partial charge on any atom is 0.417 e. The average Bonchev–Trinajstić information content (AvgIpc) is 2.83. The number of alkyl halides is 3. The van der Waals surface area contributed by atoms with Crippen molar-refractivity contribution in [1.82, 2.24) is 10.2 Å². The third-order valence-corrected chi connectivity index (χ3v) is 6.11. The Balaban J connectivity index is 1.74. The van der Waals surface area contributed by atoms with Crippen LogP contribution in [0.1, 0.15) is 21.5 Å². The van der Waals surface area contributed by atoms with Crippen molar-refractivity contribution in [3.05, 3.63) is 83.6 Å². The number of hydrogen-bond donors (Lipinski definition) is 2. The molecule has 8 heteroatoms. The minimum atomic E-state index is -4.63. The van der Waals surface area contributed by atoms with Crippen molar-refractivity contribution >= 4 is 12.0 Å². The first-order valence-electron chi connectivity index (χ1n) is 10.4. The molecule has 33 heavy (non-hydrogen) atoms. The Morgan fingerprint density at radius 3 is 2.61 bits per heavy atom. The first kappa shape index (κ1) is 22.5. The molecule has 0 amide bonds. The molecule has 2 heterocycles. The Hall–Kier alpha value is -3.70. The molecule has 2 unspecified atom stereocenters. The van der Waals surface area contributed by atoms with Gasteiger partial charge in [0.25, 0.3) is 0 Å². The lowest BCUT2D eigenvalue weighted by Crippen LogP contribution is -2.63. The lowest BCUT2D eigenvalue weighted by atomic mass is 9.78. The van der Waals surface area contributed by atoms with E-state index in [-0.39, 0.29) is 18.1 Å². The van der Waals surface area contributed by atoms with Crippen LogP contribution in [0.5, 0.6) is 5.75 Å². The summed E-state index contributed by atoms with van der Waals surface area (Å²) in [7, 11) is 0. The molecular weight excluding hydrogens is 431 g/mol. The van der Waals surface area contributed by atoms with Gasteiger partial charge in [-0.1, -0.05) is 30.7 Å². The second kappa shape index (κ2) is 8.68. The quantitative estimate of drug-likeness (QED) is 0.544. The second-order valence-electron chi connectivity index (χ2n) is 7.91. The van der Waals surface area contributed by atoms with E-state index in [4.69, 9.17) is 6.42 Å². The predicted molar refractivity (Wildman–Crippen MR) is 120 cm³/mol. The van der Waals surface area contributed by atoms with Crippen molar-refractivity contribution in [2.24, 2.45) is 0 Å². The maximum atomic E-state index is 13.5. The molecule has 2 aliphatic rings. The number of benzene rings is 2. The lowest BCUT2D eigenvalue weighted by molar-refractivity contribution is -0.137. The fourth-order valence-corrected chi connectivity index (χ4v) is 4.51. The molecule has 0 aliphatic carbocycles. The Bertz CT molecular complexity index is 1140. The SMILES string of the molecule is C#CN1C=CC=CC1(c1ccc(O)cc1)C1CN(c2ccc(C=O)c(C(F)(F)F)c2)CCN1. The van der Waals surface area contributed by atoms with E-state index < -0.39 is 22.8 Å². The number of aldehydes is 1. The van der Waals surface area contributed by atoms with Crippen LogP contribution in [0.3, 0.4) is 0 Å². The highest BCUT2D eigenvalue weighted by Crippen LogP contribution is 2.39. The number of nitrogens with zero attached hydrogens (tertiary/aromatic N) is 2. The lowest BCUT2D eigenvalue weighted by Gasteiger charge is -2.49. The fourth-order valence-electron chi connectivity index (χ4n) is 4.51. The molecule has 2 atom stereocenters. The largest absolute Gasteiger partial charge is 0.508 e. The normalized spacial score (nSPS) is 22.8. The standard InChI is InChI=1S/C25H22F3N3O2/c1-2-31-13-4-3-11-24(31,19-6-9-21(33)10-7-19)23-16-30(14-12-29-23)20-8-5-18(17-32)22(15-20)25(26,27)28/h1,3-11,13,15,17,23,29,33H,12,14,16H2. The number of halogens is 3. The number of piperazine rings is 1. The van der Waals surface area contributed by atoms with Crippen LogP contribution in [0.25, 0.3) is 0 Å². The van der Waals surface area contributed by atoms with Crippen molar-refractivity contribution in [3.8, 4) is 18.2 Å². The molecule has 4 rings (SSSR count). The first-order chi connectivity index (χ1) is 15.8. The Labute approximate surface area is 189 Å². The summed E-state index contributed by atoms with van der Waals surface area (Å²) in [6.07, 6.45) is 8.84. The van der Waals surface area contributed by atoms with Crippen LogP contribution in [0.4, 0.5) is 18.9 Å². The van der Waals surface area contributed by atoms with Gasteiger partial charge in [0.2, 0.25) is 0 Å². The summed E-state index contributed by atoms with van der Waals surface area (Å²) < 4.78 is 40.5. The van der Waals surface area contributed by atoms with Gasteiger partial charge in [0.05, 0.1) is 11.6 Å². The molecule has 0 radical (unpaired) electrons. The van der Waals surface area contributed by atoms with Gasteiger partial charge in [-0.3, -0.25) is 9.69 Å². The van der Waals surface area contributed by atoms with Crippen LogP contribution in [-0.2, 0) is 11.7 Å². The van der Waals surface area contributed by atoms with E-state index in [0.717, 1.165) is 11.6 Å². The number of phenols is 1. The number of allylic oxidation sites excluding steroid dienone is 2. The topological polar surface area (TPSA) is 55.8 Å². The average molecular weight is 453 g/mol. The Kier molecular flexibility index (Phi) is 5.91. The number of aromatic hydroxyl groups is 1. The Morgan fingerprint density at radius 2 is 1.94 bits per heavy atom. The third kappa shape index (κ3) is 4.08. The molecule has 2 N–H and O–H groups in total. The van der Waals surface area contributed by atoms with Crippen molar-refractivity contribution < 1.29 is 23.1 Å².